The zero-order valence-corrected chi connectivity index (χ0v) is 10.4. The maximum Gasteiger partial charge on any atom is 0.178 e. The first kappa shape index (κ1) is 11.4. The molecule has 86 valence electrons. The summed E-state index contributed by atoms with van der Waals surface area (Å²) >= 11 is 5.33. The summed E-state index contributed by atoms with van der Waals surface area (Å²) in [7, 11) is 1.72. The molecule has 0 aliphatic heterocycles. The van der Waals surface area contributed by atoms with E-state index in [4.69, 9.17) is 17.0 Å². The Balaban J connectivity index is 2.43. The molecule has 1 aromatic heterocycles. The minimum atomic E-state index is 0.764. The first-order valence-corrected chi connectivity index (χ1v) is 5.82. The van der Waals surface area contributed by atoms with Crippen molar-refractivity contribution in [3.63, 3.8) is 0 Å². The minimum Gasteiger partial charge on any atom is -0.385 e. The first-order chi connectivity index (χ1) is 7.74. The van der Waals surface area contributed by atoms with Crippen molar-refractivity contribution in [2.24, 2.45) is 0 Å². The summed E-state index contributed by atoms with van der Waals surface area (Å²) in [6.45, 7) is 3.77. The standard InChI is InChI=1S/C12H16N2OS/c1-9-5-3-6-10-11(9)14(12(16)13-10)7-4-8-15-2/h3,5-6H,4,7-8H2,1-2H3,(H,13,16). The second kappa shape index (κ2) is 4.80. The molecule has 0 fully saturated rings. The lowest BCUT2D eigenvalue weighted by Crippen LogP contribution is -2.02. The highest BCUT2D eigenvalue weighted by Gasteiger charge is 2.05. The third-order valence-electron chi connectivity index (χ3n) is 2.72. The van der Waals surface area contributed by atoms with Crippen LogP contribution in [-0.4, -0.2) is 23.3 Å². The number of hydrogen-bond donors (Lipinski definition) is 1. The van der Waals surface area contributed by atoms with Crippen LogP contribution in [0.1, 0.15) is 12.0 Å². The Bertz CT molecular complexity index is 541. The van der Waals surface area contributed by atoms with Gasteiger partial charge in [-0.15, -0.1) is 0 Å². The van der Waals surface area contributed by atoms with E-state index in [0.717, 1.165) is 29.9 Å². The number of nitrogens with zero attached hydrogens (tertiary/aromatic N) is 1. The van der Waals surface area contributed by atoms with Gasteiger partial charge in [-0.2, -0.15) is 0 Å². The number of imidazole rings is 1. The number of fused-ring (bicyclic) bond motifs is 1. The van der Waals surface area contributed by atoms with Gasteiger partial charge in [0.15, 0.2) is 4.77 Å². The summed E-state index contributed by atoms with van der Waals surface area (Å²) in [5.74, 6) is 0. The van der Waals surface area contributed by atoms with Crippen molar-refractivity contribution >= 4 is 23.3 Å². The second-order valence-electron chi connectivity index (χ2n) is 3.90. The van der Waals surface area contributed by atoms with Crippen LogP contribution in [0.4, 0.5) is 0 Å². The van der Waals surface area contributed by atoms with Gasteiger partial charge in [-0.1, -0.05) is 12.1 Å². The quantitative estimate of drug-likeness (QED) is 0.653. The summed E-state index contributed by atoms with van der Waals surface area (Å²) in [5, 5.41) is 0. The Hall–Kier alpha value is -1.13. The third-order valence-corrected chi connectivity index (χ3v) is 3.05. The number of para-hydroxylation sites is 1. The molecule has 3 nitrogen and oxygen atoms in total. The van der Waals surface area contributed by atoms with Gasteiger partial charge in [-0.05, 0) is 37.2 Å². The Morgan fingerprint density at radius 1 is 1.44 bits per heavy atom. The van der Waals surface area contributed by atoms with Gasteiger partial charge < -0.3 is 14.3 Å². The molecule has 0 aliphatic carbocycles. The number of H-pyrrole nitrogens is 1. The van der Waals surface area contributed by atoms with Gasteiger partial charge in [-0.3, -0.25) is 0 Å². The van der Waals surface area contributed by atoms with Gasteiger partial charge in [0, 0.05) is 20.3 Å². The molecule has 2 aromatic rings. The van der Waals surface area contributed by atoms with E-state index in [1.165, 1.54) is 11.1 Å². The maximum atomic E-state index is 5.33. The van der Waals surface area contributed by atoms with E-state index < -0.39 is 0 Å². The molecule has 1 aromatic carbocycles. The zero-order valence-electron chi connectivity index (χ0n) is 9.62. The number of aromatic nitrogens is 2. The lowest BCUT2D eigenvalue weighted by molar-refractivity contribution is 0.190. The topological polar surface area (TPSA) is 29.9 Å². The fourth-order valence-electron chi connectivity index (χ4n) is 1.98. The lowest BCUT2D eigenvalue weighted by Gasteiger charge is -2.05. The molecular formula is C12H16N2OS. The van der Waals surface area contributed by atoms with Gasteiger partial charge in [0.25, 0.3) is 0 Å². The maximum absolute atomic E-state index is 5.33. The highest BCUT2D eigenvalue weighted by molar-refractivity contribution is 7.71. The smallest absolute Gasteiger partial charge is 0.178 e. The third kappa shape index (κ3) is 2.03. The number of methoxy groups -OCH3 is 1. The predicted octanol–water partition coefficient (Wildman–Crippen LogP) is 3.04. The van der Waals surface area contributed by atoms with Crippen molar-refractivity contribution in [1.82, 2.24) is 9.55 Å². The van der Waals surface area contributed by atoms with Crippen LogP contribution in [0.3, 0.4) is 0 Å². The number of benzene rings is 1. The zero-order chi connectivity index (χ0) is 11.5. The van der Waals surface area contributed by atoms with E-state index >= 15 is 0 Å². The molecule has 0 bridgehead atoms. The van der Waals surface area contributed by atoms with Crippen molar-refractivity contribution in [2.45, 2.75) is 19.9 Å². The van der Waals surface area contributed by atoms with E-state index in [2.05, 4.69) is 28.6 Å². The monoisotopic (exact) mass is 236 g/mol. The van der Waals surface area contributed by atoms with E-state index in [1.54, 1.807) is 7.11 Å². The van der Waals surface area contributed by atoms with Crippen LogP contribution in [0.2, 0.25) is 0 Å². The van der Waals surface area contributed by atoms with Crippen molar-refractivity contribution in [3.8, 4) is 0 Å². The van der Waals surface area contributed by atoms with Gasteiger partial charge >= 0.3 is 0 Å². The van der Waals surface area contributed by atoms with Crippen molar-refractivity contribution in [1.29, 1.82) is 0 Å². The molecule has 0 amide bonds. The number of nitrogens with one attached hydrogen (secondary N) is 1. The summed E-state index contributed by atoms with van der Waals surface area (Å²) in [6.07, 6.45) is 0.978. The summed E-state index contributed by atoms with van der Waals surface area (Å²) in [5.41, 5.74) is 3.58. The fourth-order valence-corrected chi connectivity index (χ4v) is 2.28. The average Bonchev–Trinajstić information content (AvgIpc) is 2.57. The first-order valence-electron chi connectivity index (χ1n) is 5.41. The number of rotatable bonds is 4. The molecule has 0 unspecified atom stereocenters. The van der Waals surface area contributed by atoms with Crippen LogP contribution in [0.5, 0.6) is 0 Å². The molecule has 0 saturated heterocycles. The molecule has 0 spiro atoms. The normalized spacial score (nSPS) is 11.1. The Kier molecular flexibility index (Phi) is 3.41. The largest absolute Gasteiger partial charge is 0.385 e. The van der Waals surface area contributed by atoms with Gasteiger partial charge in [0.05, 0.1) is 11.0 Å². The summed E-state index contributed by atoms with van der Waals surface area (Å²) in [4.78, 5) is 3.23. The van der Waals surface area contributed by atoms with E-state index in [9.17, 15) is 0 Å². The van der Waals surface area contributed by atoms with E-state index in [0.29, 0.717) is 0 Å². The molecule has 0 saturated carbocycles. The molecule has 0 atom stereocenters. The number of ether oxygens (including phenoxy) is 1. The summed E-state index contributed by atoms with van der Waals surface area (Å²) < 4.78 is 8.01. The van der Waals surface area contributed by atoms with Crippen LogP contribution < -0.4 is 0 Å². The highest BCUT2D eigenvalue weighted by atomic mass is 32.1. The fraction of sp³-hybridized carbons (Fsp3) is 0.417. The molecule has 4 heteroatoms. The average molecular weight is 236 g/mol. The number of aromatic amines is 1. The molecule has 2 rings (SSSR count). The van der Waals surface area contributed by atoms with Gasteiger partial charge in [0.2, 0.25) is 0 Å². The highest BCUT2D eigenvalue weighted by Crippen LogP contribution is 2.18. The lowest BCUT2D eigenvalue weighted by atomic mass is 10.2. The van der Waals surface area contributed by atoms with Gasteiger partial charge in [-0.25, -0.2) is 0 Å². The SMILES string of the molecule is COCCCn1c(=S)[nH]c2cccc(C)c21. The van der Waals surface area contributed by atoms with Crippen molar-refractivity contribution in [3.05, 3.63) is 28.5 Å². The number of aryl methyl sites for hydroxylation is 2. The Morgan fingerprint density at radius 3 is 3.00 bits per heavy atom. The second-order valence-corrected chi connectivity index (χ2v) is 4.29. The molecule has 1 N–H and O–H groups in total. The van der Waals surface area contributed by atoms with Gasteiger partial charge in [0.1, 0.15) is 0 Å². The molecule has 0 radical (unpaired) electrons. The van der Waals surface area contributed by atoms with Crippen LogP contribution in [0.25, 0.3) is 11.0 Å². The number of hydrogen-bond acceptors (Lipinski definition) is 2. The Labute approximate surface area is 100 Å². The molecule has 16 heavy (non-hydrogen) atoms. The predicted molar refractivity (Wildman–Crippen MR) is 68.4 cm³/mol. The molecule has 0 aliphatic rings. The van der Waals surface area contributed by atoms with Crippen LogP contribution in [0.15, 0.2) is 18.2 Å². The van der Waals surface area contributed by atoms with Crippen molar-refractivity contribution < 1.29 is 4.74 Å². The molecule has 1 heterocycles. The van der Waals surface area contributed by atoms with E-state index in [1.807, 2.05) is 6.07 Å². The van der Waals surface area contributed by atoms with Crippen LogP contribution in [-0.2, 0) is 11.3 Å². The van der Waals surface area contributed by atoms with Crippen LogP contribution >= 0.6 is 12.2 Å². The Morgan fingerprint density at radius 2 is 2.25 bits per heavy atom. The van der Waals surface area contributed by atoms with Crippen LogP contribution in [0, 0.1) is 11.7 Å². The summed E-state index contributed by atoms with van der Waals surface area (Å²) in [6, 6.07) is 6.21. The molecular weight excluding hydrogens is 220 g/mol. The minimum absolute atomic E-state index is 0.764. The van der Waals surface area contributed by atoms with Crippen molar-refractivity contribution in [2.75, 3.05) is 13.7 Å². The van der Waals surface area contributed by atoms with E-state index in [-0.39, 0.29) is 0 Å².